The van der Waals surface area contributed by atoms with E-state index in [2.05, 4.69) is 15.5 Å². The number of aryl methyl sites for hydroxylation is 1. The summed E-state index contributed by atoms with van der Waals surface area (Å²) in [6, 6.07) is 11.2. The summed E-state index contributed by atoms with van der Waals surface area (Å²) in [4.78, 5) is 13.0. The van der Waals surface area contributed by atoms with Gasteiger partial charge in [-0.05, 0) is 44.0 Å². The van der Waals surface area contributed by atoms with Crippen molar-refractivity contribution in [1.82, 2.24) is 15.1 Å². The number of fused-ring (bicyclic) bond motifs is 1. The van der Waals surface area contributed by atoms with E-state index in [1.807, 2.05) is 36.1 Å². The monoisotopic (exact) mass is 426 g/mol. The molecule has 7 nitrogen and oxygen atoms in total. The molecule has 1 saturated heterocycles. The molecule has 3 N–H and O–H groups in total. The van der Waals surface area contributed by atoms with Gasteiger partial charge in [-0.15, -0.1) is 10.2 Å². The van der Waals surface area contributed by atoms with Crippen molar-refractivity contribution in [2.45, 2.75) is 25.8 Å². The second-order valence-electron chi connectivity index (χ2n) is 7.67. The van der Waals surface area contributed by atoms with Crippen LogP contribution in [0.2, 0.25) is 5.02 Å². The van der Waals surface area contributed by atoms with Gasteiger partial charge in [0.1, 0.15) is 11.4 Å². The third kappa shape index (κ3) is 4.17. The number of phenols is 1. The number of nitrogens with one attached hydrogen (secondary N) is 1. The first-order chi connectivity index (χ1) is 14.4. The average molecular weight is 427 g/mol. The number of carbonyl (C=O) groups is 1. The van der Waals surface area contributed by atoms with E-state index < -0.39 is 5.97 Å². The quantitative estimate of drug-likeness (QED) is 0.568. The zero-order chi connectivity index (χ0) is 21.3. The molecule has 1 atom stereocenters. The number of aromatic hydroxyl groups is 1. The van der Waals surface area contributed by atoms with Crippen LogP contribution in [-0.4, -0.2) is 57.0 Å². The fourth-order valence-electron chi connectivity index (χ4n) is 4.13. The number of carboxylic acid groups (broad SMARTS) is 1. The van der Waals surface area contributed by atoms with E-state index in [4.69, 9.17) is 16.7 Å². The van der Waals surface area contributed by atoms with E-state index in [0.717, 1.165) is 35.7 Å². The fraction of sp³-hybridized carbons (Fsp3) is 0.318. The van der Waals surface area contributed by atoms with Gasteiger partial charge in [-0.1, -0.05) is 35.9 Å². The summed E-state index contributed by atoms with van der Waals surface area (Å²) in [5.74, 6) is -0.0947. The Bertz CT molecular complexity index is 1080. The van der Waals surface area contributed by atoms with Crippen molar-refractivity contribution in [3.8, 4) is 17.0 Å². The van der Waals surface area contributed by atoms with E-state index in [1.165, 1.54) is 6.07 Å². The second kappa shape index (κ2) is 8.45. The molecule has 0 bridgehead atoms. The van der Waals surface area contributed by atoms with E-state index in [1.54, 1.807) is 6.07 Å². The van der Waals surface area contributed by atoms with Gasteiger partial charge < -0.3 is 15.5 Å². The summed E-state index contributed by atoms with van der Waals surface area (Å²) in [5, 5.41) is 34.1. The zero-order valence-corrected chi connectivity index (χ0v) is 17.4. The number of aromatic nitrogens is 2. The number of aliphatic carboxylic acids is 1. The van der Waals surface area contributed by atoms with Gasteiger partial charge in [-0.2, -0.15) is 0 Å². The summed E-state index contributed by atoms with van der Waals surface area (Å²) in [6.07, 6.45) is 1.86. The van der Waals surface area contributed by atoms with Crippen LogP contribution in [0.5, 0.6) is 5.75 Å². The number of piperidine rings is 1. The van der Waals surface area contributed by atoms with Gasteiger partial charge >= 0.3 is 5.97 Å². The Morgan fingerprint density at radius 3 is 2.77 bits per heavy atom. The Kier molecular flexibility index (Phi) is 5.74. The largest absolute Gasteiger partial charge is 0.507 e. The van der Waals surface area contributed by atoms with Crippen LogP contribution in [0.1, 0.15) is 18.4 Å². The lowest BCUT2D eigenvalue weighted by atomic mass is 9.99. The van der Waals surface area contributed by atoms with Crippen molar-refractivity contribution in [3.63, 3.8) is 0 Å². The number of halogens is 1. The number of likely N-dealkylation sites (tertiary alicyclic amines) is 1. The number of hydrogen-bond acceptors (Lipinski definition) is 6. The fourth-order valence-corrected chi connectivity index (χ4v) is 4.40. The Labute approximate surface area is 179 Å². The highest BCUT2D eigenvalue weighted by Crippen LogP contribution is 2.38. The molecule has 1 aromatic heterocycles. The molecule has 2 heterocycles. The van der Waals surface area contributed by atoms with Crippen molar-refractivity contribution < 1.29 is 15.0 Å². The lowest BCUT2D eigenvalue weighted by Crippen LogP contribution is -2.44. The molecule has 30 heavy (non-hydrogen) atoms. The van der Waals surface area contributed by atoms with Crippen molar-refractivity contribution >= 4 is 34.2 Å². The molecule has 1 aliphatic heterocycles. The standard InChI is InChI=1S/C22H23ClN4O3/c1-13-9-14(23)10-18(28)20(13)21-16-6-2-3-7-17(16)22(26-25-21)24-15-5-4-8-27(11-15)12-19(29)30/h2-3,6-7,9-10,15,28H,4-5,8,11-12H2,1H3,(H,24,26)(H,29,30). The molecule has 0 saturated carbocycles. The first-order valence-corrected chi connectivity index (χ1v) is 10.3. The molecule has 156 valence electrons. The van der Waals surface area contributed by atoms with E-state index >= 15 is 0 Å². The van der Waals surface area contributed by atoms with Gasteiger partial charge in [0.2, 0.25) is 0 Å². The average Bonchev–Trinajstić information content (AvgIpc) is 2.68. The molecule has 0 radical (unpaired) electrons. The second-order valence-corrected chi connectivity index (χ2v) is 8.11. The maximum atomic E-state index is 11.0. The van der Waals surface area contributed by atoms with Crippen LogP contribution in [0.4, 0.5) is 5.82 Å². The Morgan fingerprint density at radius 2 is 2.03 bits per heavy atom. The smallest absolute Gasteiger partial charge is 0.317 e. The van der Waals surface area contributed by atoms with Crippen LogP contribution in [-0.2, 0) is 4.79 Å². The van der Waals surface area contributed by atoms with Crippen molar-refractivity contribution in [1.29, 1.82) is 0 Å². The maximum Gasteiger partial charge on any atom is 0.317 e. The molecule has 0 amide bonds. The van der Waals surface area contributed by atoms with Crippen molar-refractivity contribution in [3.05, 3.63) is 47.0 Å². The minimum absolute atomic E-state index is 0.0403. The minimum atomic E-state index is -0.816. The highest BCUT2D eigenvalue weighted by atomic mass is 35.5. The van der Waals surface area contributed by atoms with Gasteiger partial charge in [-0.25, -0.2) is 0 Å². The van der Waals surface area contributed by atoms with Crippen LogP contribution in [0.15, 0.2) is 36.4 Å². The molecule has 8 heteroatoms. The number of benzene rings is 2. The highest BCUT2D eigenvalue weighted by Gasteiger charge is 2.23. The van der Waals surface area contributed by atoms with Crippen molar-refractivity contribution in [2.75, 3.05) is 25.0 Å². The molecular formula is C22H23ClN4O3. The number of nitrogens with zero attached hydrogens (tertiary/aromatic N) is 3. The SMILES string of the molecule is Cc1cc(Cl)cc(O)c1-c1nnc(NC2CCCN(CC(=O)O)C2)c2ccccc12. The van der Waals surface area contributed by atoms with Gasteiger partial charge in [-0.3, -0.25) is 9.69 Å². The normalized spacial score (nSPS) is 17.2. The number of hydrogen-bond donors (Lipinski definition) is 3. The lowest BCUT2D eigenvalue weighted by molar-refractivity contribution is -0.138. The molecule has 1 fully saturated rings. The highest BCUT2D eigenvalue weighted by molar-refractivity contribution is 6.31. The summed E-state index contributed by atoms with van der Waals surface area (Å²) >= 11 is 6.06. The summed E-state index contributed by atoms with van der Waals surface area (Å²) in [6.45, 7) is 3.34. The predicted molar refractivity (Wildman–Crippen MR) is 117 cm³/mol. The molecule has 4 rings (SSSR count). The molecular weight excluding hydrogens is 404 g/mol. The number of rotatable bonds is 5. The Balaban J connectivity index is 1.69. The van der Waals surface area contributed by atoms with Gasteiger partial charge in [0.05, 0.1) is 6.54 Å². The van der Waals surface area contributed by atoms with Gasteiger partial charge in [0.15, 0.2) is 5.82 Å². The minimum Gasteiger partial charge on any atom is -0.507 e. The summed E-state index contributed by atoms with van der Waals surface area (Å²) in [5.41, 5.74) is 2.02. The predicted octanol–water partition coefficient (Wildman–Crippen LogP) is 3.93. The number of carboxylic acids is 1. The molecule has 0 aliphatic carbocycles. The molecule has 1 unspecified atom stereocenters. The van der Waals surface area contributed by atoms with Gasteiger partial charge in [0.25, 0.3) is 0 Å². The summed E-state index contributed by atoms with van der Waals surface area (Å²) in [7, 11) is 0. The van der Waals surface area contributed by atoms with Crippen LogP contribution in [0.3, 0.4) is 0 Å². The molecule has 0 spiro atoms. The lowest BCUT2D eigenvalue weighted by Gasteiger charge is -2.32. The van der Waals surface area contributed by atoms with Crippen LogP contribution < -0.4 is 5.32 Å². The van der Waals surface area contributed by atoms with Crippen LogP contribution >= 0.6 is 11.6 Å². The third-order valence-corrected chi connectivity index (χ3v) is 5.63. The maximum absolute atomic E-state index is 11.0. The third-order valence-electron chi connectivity index (χ3n) is 5.41. The van der Waals surface area contributed by atoms with Crippen molar-refractivity contribution in [2.24, 2.45) is 0 Å². The molecule has 3 aromatic rings. The van der Waals surface area contributed by atoms with Crippen LogP contribution in [0.25, 0.3) is 22.0 Å². The summed E-state index contributed by atoms with van der Waals surface area (Å²) < 4.78 is 0. The Hall–Kier alpha value is -2.90. The number of anilines is 1. The molecule has 1 aliphatic rings. The zero-order valence-electron chi connectivity index (χ0n) is 16.6. The Morgan fingerprint density at radius 1 is 1.27 bits per heavy atom. The first-order valence-electron chi connectivity index (χ1n) is 9.88. The molecule has 2 aromatic carbocycles. The number of phenolic OH excluding ortho intramolecular Hbond substituents is 1. The van der Waals surface area contributed by atoms with Gasteiger partial charge in [0, 0.05) is 33.9 Å². The topological polar surface area (TPSA) is 98.6 Å². The van der Waals surface area contributed by atoms with Crippen LogP contribution in [0, 0.1) is 6.92 Å². The first kappa shape index (κ1) is 20.4. The van der Waals surface area contributed by atoms with E-state index in [-0.39, 0.29) is 18.3 Å². The van der Waals surface area contributed by atoms with E-state index in [0.29, 0.717) is 28.6 Å². The van der Waals surface area contributed by atoms with E-state index in [9.17, 15) is 9.90 Å².